The number of fused-ring (bicyclic) bond motifs is 1. The van der Waals surface area contributed by atoms with E-state index in [1.807, 2.05) is 25.1 Å². The van der Waals surface area contributed by atoms with E-state index in [9.17, 15) is 4.79 Å². The van der Waals surface area contributed by atoms with Gasteiger partial charge in [-0.3, -0.25) is 4.79 Å². The Hall–Kier alpha value is -1.81. The van der Waals surface area contributed by atoms with Crippen molar-refractivity contribution in [1.82, 2.24) is 10.6 Å². The van der Waals surface area contributed by atoms with Crippen LogP contribution >= 0.6 is 0 Å². The van der Waals surface area contributed by atoms with Gasteiger partial charge in [0.15, 0.2) is 0 Å². The molecule has 1 heterocycles. The molecule has 4 nitrogen and oxygen atoms in total. The number of hydrogen-bond donors (Lipinski definition) is 2. The van der Waals surface area contributed by atoms with Crippen molar-refractivity contribution >= 4 is 16.9 Å². The topological polar surface area (TPSA) is 54.3 Å². The number of furan rings is 1. The number of rotatable bonds is 7. The molecule has 108 valence electrons. The molecular formula is C16H22N2O2. The third-order valence-corrected chi connectivity index (χ3v) is 3.26. The van der Waals surface area contributed by atoms with Crippen molar-refractivity contribution in [2.75, 3.05) is 13.1 Å². The zero-order valence-electron chi connectivity index (χ0n) is 12.2. The zero-order chi connectivity index (χ0) is 14.4. The molecule has 2 N–H and O–H groups in total. The average molecular weight is 274 g/mol. The lowest BCUT2D eigenvalue weighted by Gasteiger charge is -2.06. The average Bonchev–Trinajstić information content (AvgIpc) is 2.83. The van der Waals surface area contributed by atoms with Gasteiger partial charge >= 0.3 is 0 Å². The first kappa shape index (κ1) is 14.6. The molecule has 0 unspecified atom stereocenters. The van der Waals surface area contributed by atoms with E-state index < -0.39 is 0 Å². The standard InChI is InChI=1S/C16H22N2O2/c1-3-9-18-16(19)11-17-10-13-12-7-5-6-8-15(12)20-14(13)4-2/h5-8,17H,3-4,9-11H2,1-2H3,(H,18,19). The molecule has 0 aliphatic heterocycles. The van der Waals surface area contributed by atoms with Crippen LogP contribution in [-0.4, -0.2) is 19.0 Å². The maximum Gasteiger partial charge on any atom is 0.233 e. The van der Waals surface area contributed by atoms with Crippen LogP contribution in [0.4, 0.5) is 0 Å². The van der Waals surface area contributed by atoms with E-state index in [2.05, 4.69) is 23.6 Å². The molecule has 2 rings (SSSR count). The monoisotopic (exact) mass is 274 g/mol. The van der Waals surface area contributed by atoms with Gasteiger partial charge in [0.05, 0.1) is 6.54 Å². The van der Waals surface area contributed by atoms with Crippen molar-refractivity contribution in [2.24, 2.45) is 0 Å². The van der Waals surface area contributed by atoms with Gasteiger partial charge in [-0.1, -0.05) is 32.0 Å². The third kappa shape index (κ3) is 3.39. The summed E-state index contributed by atoms with van der Waals surface area (Å²) in [7, 11) is 0. The molecule has 1 amide bonds. The molecule has 0 radical (unpaired) electrons. The van der Waals surface area contributed by atoms with Crippen molar-refractivity contribution in [2.45, 2.75) is 33.2 Å². The maximum absolute atomic E-state index is 11.6. The Balaban J connectivity index is 2.00. The highest BCUT2D eigenvalue weighted by molar-refractivity contribution is 5.82. The largest absolute Gasteiger partial charge is 0.461 e. The Bertz CT molecular complexity index is 575. The Kier molecular flexibility index (Phi) is 5.18. The highest BCUT2D eigenvalue weighted by atomic mass is 16.3. The minimum Gasteiger partial charge on any atom is -0.461 e. The van der Waals surface area contributed by atoms with Crippen LogP contribution in [0.1, 0.15) is 31.6 Å². The fourth-order valence-electron chi connectivity index (χ4n) is 2.26. The van der Waals surface area contributed by atoms with Crippen LogP contribution in [-0.2, 0) is 17.8 Å². The molecule has 1 aromatic carbocycles. The molecule has 0 saturated heterocycles. The summed E-state index contributed by atoms with van der Waals surface area (Å²) < 4.78 is 5.83. The first-order valence-electron chi connectivity index (χ1n) is 7.23. The Morgan fingerprint density at radius 3 is 2.80 bits per heavy atom. The summed E-state index contributed by atoms with van der Waals surface area (Å²) in [6, 6.07) is 8.02. The van der Waals surface area contributed by atoms with Crippen LogP contribution in [0.5, 0.6) is 0 Å². The first-order chi connectivity index (χ1) is 9.76. The molecule has 4 heteroatoms. The lowest BCUT2D eigenvalue weighted by molar-refractivity contribution is -0.120. The summed E-state index contributed by atoms with van der Waals surface area (Å²) >= 11 is 0. The molecule has 0 fully saturated rings. The Morgan fingerprint density at radius 2 is 2.05 bits per heavy atom. The van der Waals surface area contributed by atoms with Gasteiger partial charge in [-0.05, 0) is 12.5 Å². The van der Waals surface area contributed by atoms with Crippen molar-refractivity contribution in [3.05, 3.63) is 35.6 Å². The van der Waals surface area contributed by atoms with Crippen molar-refractivity contribution in [3.63, 3.8) is 0 Å². The van der Waals surface area contributed by atoms with Crippen LogP contribution in [0.15, 0.2) is 28.7 Å². The smallest absolute Gasteiger partial charge is 0.233 e. The first-order valence-corrected chi connectivity index (χ1v) is 7.23. The van der Waals surface area contributed by atoms with Gasteiger partial charge in [0.2, 0.25) is 5.91 Å². The van der Waals surface area contributed by atoms with Crippen LogP contribution < -0.4 is 10.6 Å². The van der Waals surface area contributed by atoms with Gasteiger partial charge in [-0.15, -0.1) is 0 Å². The number of benzene rings is 1. The summed E-state index contributed by atoms with van der Waals surface area (Å²) in [5.74, 6) is 1.03. The minimum absolute atomic E-state index is 0.0395. The molecule has 0 atom stereocenters. The second-order valence-electron chi connectivity index (χ2n) is 4.81. The van der Waals surface area contributed by atoms with Gasteiger partial charge < -0.3 is 15.1 Å². The normalized spacial score (nSPS) is 10.9. The molecule has 0 aliphatic carbocycles. The maximum atomic E-state index is 11.6. The number of aryl methyl sites for hydroxylation is 1. The molecule has 0 saturated carbocycles. The van der Waals surface area contributed by atoms with Gasteiger partial charge in [0.1, 0.15) is 11.3 Å². The van der Waals surface area contributed by atoms with Gasteiger partial charge in [-0.2, -0.15) is 0 Å². The van der Waals surface area contributed by atoms with Crippen molar-refractivity contribution in [1.29, 1.82) is 0 Å². The minimum atomic E-state index is 0.0395. The second-order valence-corrected chi connectivity index (χ2v) is 4.81. The number of carbonyl (C=O) groups excluding carboxylic acids is 1. The van der Waals surface area contributed by atoms with E-state index >= 15 is 0 Å². The molecule has 0 spiro atoms. The molecule has 1 aromatic heterocycles. The van der Waals surface area contributed by atoms with Crippen molar-refractivity contribution in [3.8, 4) is 0 Å². The number of nitrogens with one attached hydrogen (secondary N) is 2. The number of amides is 1. The zero-order valence-corrected chi connectivity index (χ0v) is 12.2. The second kappa shape index (κ2) is 7.10. The highest BCUT2D eigenvalue weighted by Crippen LogP contribution is 2.25. The summed E-state index contributed by atoms with van der Waals surface area (Å²) in [4.78, 5) is 11.6. The predicted molar refractivity (Wildman–Crippen MR) is 80.6 cm³/mol. The van der Waals surface area contributed by atoms with Gasteiger partial charge in [-0.25, -0.2) is 0 Å². The fraction of sp³-hybridized carbons (Fsp3) is 0.438. The lowest BCUT2D eigenvalue weighted by atomic mass is 10.1. The molecule has 0 aliphatic rings. The van der Waals surface area contributed by atoms with E-state index in [1.54, 1.807) is 0 Å². The summed E-state index contributed by atoms with van der Waals surface area (Å²) in [6.45, 7) is 5.84. The van der Waals surface area contributed by atoms with E-state index in [1.165, 1.54) is 0 Å². The summed E-state index contributed by atoms with van der Waals surface area (Å²) in [5.41, 5.74) is 2.07. The number of hydrogen-bond acceptors (Lipinski definition) is 3. The number of carbonyl (C=O) groups is 1. The van der Waals surface area contributed by atoms with Gasteiger partial charge in [0.25, 0.3) is 0 Å². The molecule has 20 heavy (non-hydrogen) atoms. The lowest BCUT2D eigenvalue weighted by Crippen LogP contribution is -2.34. The van der Waals surface area contributed by atoms with Crippen LogP contribution in [0.2, 0.25) is 0 Å². The Morgan fingerprint density at radius 1 is 1.25 bits per heavy atom. The highest BCUT2D eigenvalue weighted by Gasteiger charge is 2.12. The predicted octanol–water partition coefficient (Wildman–Crippen LogP) is 2.61. The molecule has 2 aromatic rings. The summed E-state index contributed by atoms with van der Waals surface area (Å²) in [6.07, 6.45) is 1.81. The third-order valence-electron chi connectivity index (χ3n) is 3.26. The van der Waals surface area contributed by atoms with E-state index in [0.717, 1.165) is 41.7 Å². The number of para-hydroxylation sites is 1. The molecular weight excluding hydrogens is 252 g/mol. The van der Waals surface area contributed by atoms with Crippen LogP contribution in [0.3, 0.4) is 0 Å². The van der Waals surface area contributed by atoms with E-state index in [-0.39, 0.29) is 5.91 Å². The van der Waals surface area contributed by atoms with E-state index in [0.29, 0.717) is 13.1 Å². The van der Waals surface area contributed by atoms with Crippen molar-refractivity contribution < 1.29 is 9.21 Å². The summed E-state index contributed by atoms with van der Waals surface area (Å²) in [5, 5.41) is 7.17. The van der Waals surface area contributed by atoms with Crippen LogP contribution in [0, 0.1) is 0 Å². The fourth-order valence-corrected chi connectivity index (χ4v) is 2.26. The van der Waals surface area contributed by atoms with E-state index in [4.69, 9.17) is 4.42 Å². The Labute approximate surface area is 119 Å². The SMILES string of the molecule is CCCNC(=O)CNCc1c(CC)oc2ccccc12. The molecule has 0 bridgehead atoms. The van der Waals surface area contributed by atoms with Gasteiger partial charge in [0, 0.05) is 30.5 Å². The van der Waals surface area contributed by atoms with Crippen LogP contribution in [0.25, 0.3) is 11.0 Å². The quantitative estimate of drug-likeness (QED) is 0.816.